The highest BCUT2D eigenvalue weighted by Gasteiger charge is 2.05. The summed E-state index contributed by atoms with van der Waals surface area (Å²) < 4.78 is 0. The van der Waals surface area contributed by atoms with Crippen molar-refractivity contribution in [1.29, 1.82) is 0 Å². The molecule has 0 heterocycles. The van der Waals surface area contributed by atoms with Crippen molar-refractivity contribution < 1.29 is 4.79 Å². The highest BCUT2D eigenvalue weighted by atomic mass is 16.1. The van der Waals surface area contributed by atoms with Gasteiger partial charge in [0.05, 0.1) is 6.54 Å². The molecule has 1 unspecified atom stereocenters. The van der Waals surface area contributed by atoms with Crippen molar-refractivity contribution in [2.45, 2.75) is 26.2 Å². The molecule has 0 saturated carbocycles. The summed E-state index contributed by atoms with van der Waals surface area (Å²) in [7, 11) is 0. The second kappa shape index (κ2) is 7.85. The maximum Gasteiger partial charge on any atom is 0.233 e. The molecule has 94 valence electrons. The van der Waals surface area contributed by atoms with Gasteiger partial charge in [0.1, 0.15) is 0 Å². The Bertz CT molecular complexity index is 324. The van der Waals surface area contributed by atoms with Crippen LogP contribution in [0.15, 0.2) is 30.3 Å². The smallest absolute Gasteiger partial charge is 0.233 e. The fourth-order valence-electron chi connectivity index (χ4n) is 1.68. The van der Waals surface area contributed by atoms with Crippen molar-refractivity contribution in [1.82, 2.24) is 10.6 Å². The van der Waals surface area contributed by atoms with Gasteiger partial charge in [0, 0.05) is 6.54 Å². The molecule has 0 aromatic heterocycles. The van der Waals surface area contributed by atoms with Crippen LogP contribution in [0.4, 0.5) is 0 Å². The molecule has 0 bridgehead atoms. The summed E-state index contributed by atoms with van der Waals surface area (Å²) in [6, 6.07) is 10.4. The van der Waals surface area contributed by atoms with Crippen LogP contribution in [-0.2, 0) is 4.79 Å². The van der Waals surface area contributed by atoms with Gasteiger partial charge in [-0.2, -0.15) is 0 Å². The molecule has 0 spiro atoms. The van der Waals surface area contributed by atoms with Crippen molar-refractivity contribution in [3.05, 3.63) is 35.9 Å². The third-order valence-corrected chi connectivity index (χ3v) is 2.80. The van der Waals surface area contributed by atoms with E-state index in [0.717, 1.165) is 19.5 Å². The first-order chi connectivity index (χ1) is 8.24. The number of carbonyl (C=O) groups excluding carboxylic acids is 1. The van der Waals surface area contributed by atoms with E-state index in [1.807, 2.05) is 13.0 Å². The Morgan fingerprint density at radius 2 is 2.00 bits per heavy atom. The Labute approximate surface area is 104 Å². The molecule has 1 aromatic carbocycles. The lowest BCUT2D eigenvalue weighted by atomic mass is 9.98. The van der Waals surface area contributed by atoms with Crippen LogP contribution in [0.5, 0.6) is 0 Å². The molecule has 1 amide bonds. The van der Waals surface area contributed by atoms with Gasteiger partial charge in [-0.3, -0.25) is 4.79 Å². The summed E-state index contributed by atoms with van der Waals surface area (Å²) in [6.07, 6.45) is 0.974. The normalized spacial score (nSPS) is 12.1. The van der Waals surface area contributed by atoms with E-state index in [-0.39, 0.29) is 5.91 Å². The van der Waals surface area contributed by atoms with Crippen molar-refractivity contribution in [3.8, 4) is 0 Å². The van der Waals surface area contributed by atoms with Crippen LogP contribution >= 0.6 is 0 Å². The average molecular weight is 234 g/mol. The minimum absolute atomic E-state index is 0.0760. The fraction of sp³-hybridized carbons (Fsp3) is 0.500. The van der Waals surface area contributed by atoms with E-state index < -0.39 is 0 Å². The molecule has 1 atom stereocenters. The van der Waals surface area contributed by atoms with Crippen molar-refractivity contribution in [2.75, 3.05) is 19.6 Å². The molecule has 17 heavy (non-hydrogen) atoms. The maximum atomic E-state index is 11.3. The molecule has 0 aliphatic rings. The zero-order valence-corrected chi connectivity index (χ0v) is 10.7. The molecule has 0 aliphatic heterocycles. The van der Waals surface area contributed by atoms with E-state index in [1.165, 1.54) is 5.56 Å². The molecule has 3 heteroatoms. The van der Waals surface area contributed by atoms with Crippen molar-refractivity contribution >= 4 is 5.91 Å². The highest BCUT2D eigenvalue weighted by molar-refractivity contribution is 5.77. The van der Waals surface area contributed by atoms with Gasteiger partial charge in [-0.25, -0.2) is 0 Å². The van der Waals surface area contributed by atoms with E-state index >= 15 is 0 Å². The van der Waals surface area contributed by atoms with Crippen LogP contribution < -0.4 is 10.6 Å². The van der Waals surface area contributed by atoms with Gasteiger partial charge in [0.2, 0.25) is 5.91 Å². The average Bonchev–Trinajstić information content (AvgIpc) is 2.37. The van der Waals surface area contributed by atoms with E-state index in [1.54, 1.807) is 0 Å². The van der Waals surface area contributed by atoms with Crippen LogP contribution in [0.2, 0.25) is 0 Å². The Hall–Kier alpha value is -1.35. The maximum absolute atomic E-state index is 11.3. The number of nitrogens with one attached hydrogen (secondary N) is 2. The molecular formula is C14H22N2O. The second-order valence-electron chi connectivity index (χ2n) is 4.23. The van der Waals surface area contributed by atoms with Crippen molar-refractivity contribution in [2.24, 2.45) is 0 Å². The van der Waals surface area contributed by atoms with Crippen LogP contribution in [0.3, 0.4) is 0 Å². The van der Waals surface area contributed by atoms with Gasteiger partial charge in [-0.1, -0.05) is 44.2 Å². The van der Waals surface area contributed by atoms with E-state index in [0.29, 0.717) is 12.5 Å². The summed E-state index contributed by atoms with van der Waals surface area (Å²) >= 11 is 0. The Morgan fingerprint density at radius 1 is 1.29 bits per heavy atom. The van der Waals surface area contributed by atoms with E-state index in [9.17, 15) is 4.79 Å². The number of benzene rings is 1. The van der Waals surface area contributed by atoms with E-state index in [2.05, 4.69) is 41.8 Å². The zero-order valence-electron chi connectivity index (χ0n) is 10.7. The first-order valence-corrected chi connectivity index (χ1v) is 6.26. The molecule has 0 saturated heterocycles. The lowest BCUT2D eigenvalue weighted by Gasteiger charge is -2.12. The first kappa shape index (κ1) is 13.7. The summed E-state index contributed by atoms with van der Waals surface area (Å²) in [4.78, 5) is 11.3. The molecular weight excluding hydrogens is 212 g/mol. The molecule has 1 aromatic rings. The molecule has 2 N–H and O–H groups in total. The highest BCUT2D eigenvalue weighted by Crippen LogP contribution is 2.17. The summed E-state index contributed by atoms with van der Waals surface area (Å²) in [6.45, 7) is 6.15. The Morgan fingerprint density at radius 3 is 2.65 bits per heavy atom. The standard InChI is InChI=1S/C14H22N2O/c1-3-15-11-14(17)16-10-9-12(2)13-7-5-4-6-8-13/h4-8,12,15H,3,9-11H2,1-2H3,(H,16,17). The first-order valence-electron chi connectivity index (χ1n) is 6.26. The van der Waals surface area contributed by atoms with Crippen LogP contribution in [-0.4, -0.2) is 25.5 Å². The topological polar surface area (TPSA) is 41.1 Å². The van der Waals surface area contributed by atoms with E-state index in [4.69, 9.17) is 0 Å². The third kappa shape index (κ3) is 5.50. The number of hydrogen-bond acceptors (Lipinski definition) is 2. The minimum Gasteiger partial charge on any atom is -0.355 e. The van der Waals surface area contributed by atoms with Gasteiger partial charge < -0.3 is 10.6 Å². The minimum atomic E-state index is 0.0760. The molecule has 0 fully saturated rings. The monoisotopic (exact) mass is 234 g/mol. The Kier molecular flexibility index (Phi) is 6.33. The van der Waals surface area contributed by atoms with Gasteiger partial charge in [0.15, 0.2) is 0 Å². The SMILES string of the molecule is CCNCC(=O)NCCC(C)c1ccccc1. The van der Waals surface area contributed by atoms with Gasteiger partial charge in [-0.05, 0) is 24.4 Å². The fourth-order valence-corrected chi connectivity index (χ4v) is 1.68. The Balaban J connectivity index is 2.20. The lowest BCUT2D eigenvalue weighted by Crippen LogP contribution is -2.34. The summed E-state index contributed by atoms with van der Waals surface area (Å²) in [5.74, 6) is 0.558. The number of amides is 1. The van der Waals surface area contributed by atoms with Crippen LogP contribution in [0.25, 0.3) is 0 Å². The van der Waals surface area contributed by atoms with Gasteiger partial charge in [-0.15, -0.1) is 0 Å². The zero-order chi connectivity index (χ0) is 12.5. The lowest BCUT2D eigenvalue weighted by molar-refractivity contribution is -0.120. The van der Waals surface area contributed by atoms with Crippen molar-refractivity contribution in [3.63, 3.8) is 0 Å². The largest absolute Gasteiger partial charge is 0.355 e. The van der Waals surface area contributed by atoms with Gasteiger partial charge >= 0.3 is 0 Å². The second-order valence-corrected chi connectivity index (χ2v) is 4.23. The number of likely N-dealkylation sites (N-methyl/N-ethyl adjacent to an activating group) is 1. The molecule has 0 radical (unpaired) electrons. The number of hydrogen-bond donors (Lipinski definition) is 2. The predicted octanol–water partition coefficient (Wildman–Crippen LogP) is 1.91. The summed E-state index contributed by atoms with van der Waals surface area (Å²) in [5, 5.41) is 5.92. The molecule has 3 nitrogen and oxygen atoms in total. The third-order valence-electron chi connectivity index (χ3n) is 2.80. The van der Waals surface area contributed by atoms with Gasteiger partial charge in [0.25, 0.3) is 0 Å². The quantitative estimate of drug-likeness (QED) is 0.756. The summed E-state index contributed by atoms with van der Waals surface area (Å²) in [5.41, 5.74) is 1.33. The molecule has 0 aliphatic carbocycles. The van der Waals surface area contributed by atoms with Crippen LogP contribution in [0.1, 0.15) is 31.7 Å². The number of rotatable bonds is 7. The molecule has 1 rings (SSSR count). The number of carbonyl (C=O) groups is 1. The predicted molar refractivity (Wildman–Crippen MR) is 71.0 cm³/mol. The van der Waals surface area contributed by atoms with Crippen LogP contribution in [0, 0.1) is 0 Å².